The van der Waals surface area contributed by atoms with E-state index in [1.807, 2.05) is 0 Å². The minimum Gasteiger partial charge on any atom is -0.454 e. The number of fused-ring (bicyclic) bond motifs is 2. The number of benzene rings is 2. The van der Waals surface area contributed by atoms with E-state index in [4.69, 9.17) is 18.7 Å². The van der Waals surface area contributed by atoms with Gasteiger partial charge in [0.2, 0.25) is 12.7 Å². The molecule has 5 rings (SSSR count). The zero-order chi connectivity index (χ0) is 22.6. The molecule has 0 fully saturated rings. The fourth-order valence-corrected chi connectivity index (χ4v) is 5.25. The van der Waals surface area contributed by atoms with Crippen LogP contribution in [0.4, 0.5) is 10.7 Å². The Kier molecular flexibility index (Phi) is 4.38. The van der Waals surface area contributed by atoms with Gasteiger partial charge in [0.1, 0.15) is 0 Å². The van der Waals surface area contributed by atoms with Crippen LogP contribution in [0.3, 0.4) is 0 Å². The van der Waals surface area contributed by atoms with Gasteiger partial charge in [-0.15, -0.1) is 0 Å². The van der Waals surface area contributed by atoms with Crippen LogP contribution in [0.25, 0.3) is 5.57 Å². The van der Waals surface area contributed by atoms with Gasteiger partial charge in [0, 0.05) is 11.1 Å². The van der Waals surface area contributed by atoms with Crippen molar-refractivity contribution in [3.63, 3.8) is 0 Å². The number of carboxylic acid groups (broad SMARTS) is 1. The smallest absolute Gasteiger partial charge is 0.454 e. The normalized spacial score (nSPS) is 16.1. The van der Waals surface area contributed by atoms with Gasteiger partial charge in [-0.2, -0.15) is 4.31 Å². The molecule has 2 aromatic carbocycles. The highest BCUT2D eigenvalue weighted by molar-refractivity contribution is 7.93. The van der Waals surface area contributed by atoms with Gasteiger partial charge in [0.05, 0.1) is 16.2 Å². The highest BCUT2D eigenvalue weighted by Crippen LogP contribution is 2.46. The van der Waals surface area contributed by atoms with Crippen LogP contribution in [0, 0.1) is 13.8 Å². The van der Waals surface area contributed by atoms with Gasteiger partial charge in [-0.25, -0.2) is 13.2 Å². The summed E-state index contributed by atoms with van der Waals surface area (Å²) in [7, 11) is -4.29. The van der Waals surface area contributed by atoms with E-state index in [1.165, 1.54) is 6.07 Å². The average molecular weight is 456 g/mol. The Labute approximate surface area is 182 Å². The lowest BCUT2D eigenvalue weighted by Crippen LogP contribution is -2.37. The second-order valence-electron chi connectivity index (χ2n) is 7.08. The summed E-state index contributed by atoms with van der Waals surface area (Å²) in [6, 6.07) is 11.2. The second kappa shape index (κ2) is 7.02. The molecule has 164 valence electrons. The van der Waals surface area contributed by atoms with Gasteiger partial charge >= 0.3 is 6.16 Å². The van der Waals surface area contributed by atoms with E-state index in [0.717, 1.165) is 4.31 Å². The molecule has 11 heteroatoms. The van der Waals surface area contributed by atoms with Crippen LogP contribution < -0.4 is 13.8 Å². The van der Waals surface area contributed by atoms with E-state index in [2.05, 4.69) is 5.16 Å². The molecule has 2 aliphatic heterocycles. The van der Waals surface area contributed by atoms with E-state index in [1.54, 1.807) is 50.2 Å². The molecule has 10 nitrogen and oxygen atoms in total. The molecular formula is C21H16N2O8S. The van der Waals surface area contributed by atoms with Crippen LogP contribution in [-0.2, 0) is 14.8 Å². The van der Waals surface area contributed by atoms with Crippen molar-refractivity contribution in [3.05, 3.63) is 70.7 Å². The average Bonchev–Trinajstić information content (AvgIpc) is 3.35. The van der Waals surface area contributed by atoms with Crippen molar-refractivity contribution in [1.82, 2.24) is 5.16 Å². The van der Waals surface area contributed by atoms with E-state index in [-0.39, 0.29) is 28.7 Å². The van der Waals surface area contributed by atoms with E-state index >= 15 is 0 Å². The lowest BCUT2D eigenvalue weighted by molar-refractivity contribution is 0.118. The van der Waals surface area contributed by atoms with Crippen LogP contribution in [0.1, 0.15) is 22.4 Å². The number of nitrogens with zero attached hydrogens (tertiary/aromatic N) is 2. The molecule has 0 spiro atoms. The van der Waals surface area contributed by atoms with E-state index < -0.39 is 22.1 Å². The van der Waals surface area contributed by atoms with Crippen LogP contribution in [0.5, 0.6) is 11.5 Å². The summed E-state index contributed by atoms with van der Waals surface area (Å²) in [6.45, 7) is 3.31. The molecule has 32 heavy (non-hydrogen) atoms. The standard InChI is InChI=1S/C21H16N2O8S/c1-11-12(2)22-31-19(11)23-20(30-21(24)25)18(13-7-8-15-16(9-13)29-10-28-15)14-5-3-4-6-17(14)32(23,26)27/h3-9H,10H2,1-2H3,(H,24,25). The number of rotatable bonds is 3. The Hall–Kier alpha value is -3.99. The Bertz CT molecular complexity index is 1410. The Morgan fingerprint density at radius 2 is 1.88 bits per heavy atom. The van der Waals surface area contributed by atoms with Crippen LogP contribution in [-0.4, -0.2) is 31.6 Å². The summed E-state index contributed by atoms with van der Waals surface area (Å²) in [6.07, 6.45) is -1.69. The Morgan fingerprint density at radius 3 is 2.59 bits per heavy atom. The third-order valence-electron chi connectivity index (χ3n) is 5.24. The second-order valence-corrected chi connectivity index (χ2v) is 8.84. The highest BCUT2D eigenvalue weighted by atomic mass is 32.2. The fourth-order valence-electron chi connectivity index (χ4n) is 3.62. The Balaban J connectivity index is 1.87. The third-order valence-corrected chi connectivity index (χ3v) is 6.96. The lowest BCUT2D eigenvalue weighted by Gasteiger charge is -2.31. The van der Waals surface area contributed by atoms with Crippen molar-refractivity contribution < 1.29 is 37.1 Å². The molecule has 3 aromatic rings. The van der Waals surface area contributed by atoms with Gasteiger partial charge in [0.25, 0.3) is 15.9 Å². The first-order chi connectivity index (χ1) is 15.3. The summed E-state index contributed by atoms with van der Waals surface area (Å²) >= 11 is 0. The van der Waals surface area contributed by atoms with Crippen LogP contribution in [0.15, 0.2) is 57.8 Å². The number of hydrogen-bond acceptors (Lipinski definition) is 8. The molecule has 3 heterocycles. The van der Waals surface area contributed by atoms with Crippen molar-refractivity contribution >= 4 is 27.6 Å². The predicted molar refractivity (Wildman–Crippen MR) is 110 cm³/mol. The molecule has 0 saturated carbocycles. The van der Waals surface area contributed by atoms with Crippen molar-refractivity contribution in [3.8, 4) is 11.5 Å². The monoisotopic (exact) mass is 456 g/mol. The largest absolute Gasteiger partial charge is 0.512 e. The summed E-state index contributed by atoms with van der Waals surface area (Å²) < 4.78 is 49.1. The molecule has 0 aliphatic carbocycles. The van der Waals surface area contributed by atoms with Gasteiger partial charge < -0.3 is 23.8 Å². The molecule has 0 amide bonds. The van der Waals surface area contributed by atoms with Crippen molar-refractivity contribution in [1.29, 1.82) is 0 Å². The molecule has 0 bridgehead atoms. The number of sulfonamides is 1. The molecule has 0 radical (unpaired) electrons. The van der Waals surface area contributed by atoms with Gasteiger partial charge in [-0.3, -0.25) is 0 Å². The summed E-state index contributed by atoms with van der Waals surface area (Å²) in [5.74, 6) is 0.347. The zero-order valence-corrected chi connectivity index (χ0v) is 17.7. The van der Waals surface area contributed by atoms with E-state index in [0.29, 0.717) is 28.3 Å². The first-order valence-electron chi connectivity index (χ1n) is 9.41. The first kappa shape index (κ1) is 19.9. The number of carbonyl (C=O) groups is 1. The summed E-state index contributed by atoms with van der Waals surface area (Å²) in [5.41, 5.74) is 1.84. The number of anilines is 1. The molecule has 0 saturated heterocycles. The van der Waals surface area contributed by atoms with Crippen molar-refractivity contribution in [2.24, 2.45) is 0 Å². The van der Waals surface area contributed by atoms with E-state index in [9.17, 15) is 18.3 Å². The number of ether oxygens (including phenoxy) is 3. The number of aryl methyl sites for hydroxylation is 1. The third kappa shape index (κ3) is 2.89. The number of hydrogen-bond donors (Lipinski definition) is 1. The predicted octanol–water partition coefficient (Wildman–Crippen LogP) is 3.64. The summed E-state index contributed by atoms with van der Waals surface area (Å²) in [4.78, 5) is 11.6. The molecule has 1 N–H and O–H groups in total. The highest BCUT2D eigenvalue weighted by Gasteiger charge is 2.43. The van der Waals surface area contributed by atoms with Crippen LogP contribution in [0.2, 0.25) is 0 Å². The number of aromatic nitrogens is 1. The topological polar surface area (TPSA) is 128 Å². The molecule has 0 unspecified atom stereocenters. The lowest BCUT2D eigenvalue weighted by atomic mass is 9.97. The molecule has 2 aliphatic rings. The summed E-state index contributed by atoms with van der Waals surface area (Å²) in [5, 5.41) is 13.3. The first-order valence-corrected chi connectivity index (χ1v) is 10.9. The fraction of sp³-hybridized carbons (Fsp3) is 0.143. The maximum Gasteiger partial charge on any atom is 0.512 e. The minimum atomic E-state index is -4.29. The molecule has 0 atom stereocenters. The Morgan fingerprint density at radius 1 is 1.12 bits per heavy atom. The van der Waals surface area contributed by atoms with Crippen molar-refractivity contribution in [2.75, 3.05) is 11.1 Å². The van der Waals surface area contributed by atoms with Gasteiger partial charge in [-0.05, 0) is 37.6 Å². The minimum absolute atomic E-state index is 0.0427. The SMILES string of the molecule is Cc1noc(N2C(OC(=O)O)=C(c3ccc4c(c3)OCO4)c3ccccc3S2(=O)=O)c1C. The van der Waals surface area contributed by atoms with Gasteiger partial charge in [-0.1, -0.05) is 29.4 Å². The zero-order valence-electron chi connectivity index (χ0n) is 16.9. The maximum atomic E-state index is 13.6. The van der Waals surface area contributed by atoms with Gasteiger partial charge in [0.15, 0.2) is 11.5 Å². The molecular weight excluding hydrogens is 440 g/mol. The van der Waals surface area contributed by atoms with Crippen LogP contribution >= 0.6 is 0 Å². The maximum absolute atomic E-state index is 13.6. The molecule has 1 aromatic heterocycles. The van der Waals surface area contributed by atoms with Crippen molar-refractivity contribution in [2.45, 2.75) is 18.7 Å². The quantitative estimate of drug-likeness (QED) is 0.587.